The van der Waals surface area contributed by atoms with E-state index >= 15 is 0 Å². The van der Waals surface area contributed by atoms with Gasteiger partial charge in [-0.15, -0.1) is 0 Å². The topological polar surface area (TPSA) is 61.4 Å². The molecule has 0 saturated carbocycles. The van der Waals surface area contributed by atoms with Crippen LogP contribution in [0.4, 0.5) is 5.69 Å². The van der Waals surface area contributed by atoms with E-state index in [1.165, 1.54) is 0 Å². The van der Waals surface area contributed by atoms with Gasteiger partial charge >= 0.3 is 0 Å². The normalized spacial score (nSPS) is 22.4. The Morgan fingerprint density at radius 2 is 1.96 bits per heavy atom. The Hall–Kier alpha value is -1.30. The van der Waals surface area contributed by atoms with Gasteiger partial charge in [0.1, 0.15) is 5.92 Å². The fourth-order valence-electron chi connectivity index (χ4n) is 3.12. The molecule has 2 N–H and O–H groups in total. The number of hydrogen-bond acceptors (Lipinski definition) is 3. The minimum Gasteiger partial charge on any atom is -0.353 e. The average molecular weight is 356 g/mol. The van der Waals surface area contributed by atoms with Crippen molar-refractivity contribution in [1.82, 2.24) is 10.6 Å². The minimum atomic E-state index is -0.639. The lowest BCUT2D eigenvalue weighted by Crippen LogP contribution is -2.46. The third-order valence-corrected chi connectivity index (χ3v) is 4.96. The summed E-state index contributed by atoms with van der Waals surface area (Å²) in [7, 11) is 0. The first kappa shape index (κ1) is 16.6. The zero-order valence-electron chi connectivity index (χ0n) is 12.6. The maximum atomic E-state index is 12.6. The van der Waals surface area contributed by atoms with Crippen LogP contribution in [-0.4, -0.2) is 37.5 Å². The number of piperidine rings is 1. The molecule has 1 aromatic carbocycles. The largest absolute Gasteiger partial charge is 0.353 e. The molecule has 2 aliphatic heterocycles. The average Bonchev–Trinajstić information content (AvgIpc) is 2.92. The van der Waals surface area contributed by atoms with Crippen LogP contribution in [0.2, 0.25) is 10.0 Å². The summed E-state index contributed by atoms with van der Waals surface area (Å²) >= 11 is 12.2. The zero-order chi connectivity index (χ0) is 16.4. The highest BCUT2D eigenvalue weighted by Gasteiger charge is 2.39. The number of benzene rings is 1. The van der Waals surface area contributed by atoms with Crippen molar-refractivity contribution in [3.8, 4) is 0 Å². The predicted octanol–water partition coefficient (Wildman–Crippen LogP) is 2.21. The van der Waals surface area contributed by atoms with Crippen LogP contribution in [0.25, 0.3) is 0 Å². The number of anilines is 1. The fourth-order valence-corrected chi connectivity index (χ4v) is 3.51. The van der Waals surface area contributed by atoms with E-state index in [-0.39, 0.29) is 17.9 Å². The summed E-state index contributed by atoms with van der Waals surface area (Å²) < 4.78 is 0. The van der Waals surface area contributed by atoms with Gasteiger partial charge in [0.2, 0.25) is 11.8 Å². The molecule has 1 unspecified atom stereocenters. The number of hydrogen-bond donors (Lipinski definition) is 2. The molecule has 3 rings (SSSR count). The second-order valence-corrected chi connectivity index (χ2v) is 6.80. The molecule has 2 amide bonds. The summed E-state index contributed by atoms with van der Waals surface area (Å²) in [6.07, 6.45) is 2.30. The van der Waals surface area contributed by atoms with Crippen LogP contribution in [0.15, 0.2) is 18.2 Å². The Balaban J connectivity index is 1.68. The Kier molecular flexibility index (Phi) is 5.09. The molecule has 2 fully saturated rings. The van der Waals surface area contributed by atoms with Gasteiger partial charge in [0, 0.05) is 17.6 Å². The smallest absolute Gasteiger partial charge is 0.239 e. The summed E-state index contributed by atoms with van der Waals surface area (Å²) in [6, 6.07) is 5.15. The van der Waals surface area contributed by atoms with E-state index in [1.54, 1.807) is 23.1 Å². The van der Waals surface area contributed by atoms with Crippen LogP contribution in [0, 0.1) is 5.92 Å². The molecule has 7 heteroatoms. The van der Waals surface area contributed by atoms with E-state index in [2.05, 4.69) is 10.6 Å². The van der Waals surface area contributed by atoms with Crippen molar-refractivity contribution in [3.05, 3.63) is 28.2 Å². The van der Waals surface area contributed by atoms with Crippen LogP contribution in [0.3, 0.4) is 0 Å². The molecule has 2 heterocycles. The molecule has 2 saturated heterocycles. The molecule has 1 aromatic rings. The van der Waals surface area contributed by atoms with Crippen LogP contribution in [-0.2, 0) is 9.59 Å². The van der Waals surface area contributed by atoms with Gasteiger partial charge in [-0.2, -0.15) is 0 Å². The first-order valence-corrected chi connectivity index (χ1v) is 8.59. The van der Waals surface area contributed by atoms with Crippen LogP contribution >= 0.6 is 23.2 Å². The van der Waals surface area contributed by atoms with Gasteiger partial charge in [-0.05, 0) is 50.6 Å². The Morgan fingerprint density at radius 1 is 1.22 bits per heavy atom. The lowest BCUT2D eigenvalue weighted by molar-refractivity contribution is -0.132. The molecule has 0 aromatic heterocycles. The number of nitrogens with zero attached hydrogens (tertiary/aromatic N) is 1. The lowest BCUT2D eigenvalue weighted by atomic mass is 10.0. The van der Waals surface area contributed by atoms with Crippen molar-refractivity contribution in [2.45, 2.75) is 25.3 Å². The highest BCUT2D eigenvalue weighted by molar-refractivity contribution is 6.36. The molecular weight excluding hydrogens is 337 g/mol. The maximum Gasteiger partial charge on any atom is 0.239 e. The van der Waals surface area contributed by atoms with Crippen LogP contribution < -0.4 is 15.5 Å². The van der Waals surface area contributed by atoms with Crippen molar-refractivity contribution < 1.29 is 9.59 Å². The number of carbonyl (C=O) groups excluding carboxylic acids is 2. The molecule has 5 nitrogen and oxygen atoms in total. The highest BCUT2D eigenvalue weighted by Crippen LogP contribution is 2.33. The van der Waals surface area contributed by atoms with Crippen molar-refractivity contribution in [2.75, 3.05) is 24.5 Å². The standard InChI is InChI=1S/C16H19Cl2N3O2/c17-10-1-2-13(18)14(9-10)21-8-5-12(16(21)23)15(22)20-11-3-6-19-7-4-11/h1-2,9,11-12,19H,3-8H2,(H,20,22). The first-order chi connectivity index (χ1) is 11.1. The SMILES string of the molecule is O=C(NC1CCNCC1)C1CCN(c2cc(Cl)ccc2Cl)C1=O. The van der Waals surface area contributed by atoms with Gasteiger partial charge in [0.05, 0.1) is 10.7 Å². The van der Waals surface area contributed by atoms with E-state index in [4.69, 9.17) is 23.2 Å². The Bertz CT molecular complexity index is 617. The van der Waals surface area contributed by atoms with Gasteiger partial charge < -0.3 is 15.5 Å². The highest BCUT2D eigenvalue weighted by atomic mass is 35.5. The number of nitrogens with one attached hydrogen (secondary N) is 2. The quantitative estimate of drug-likeness (QED) is 0.817. The summed E-state index contributed by atoms with van der Waals surface area (Å²) in [6.45, 7) is 2.27. The number of halogens is 2. The Morgan fingerprint density at radius 3 is 2.70 bits per heavy atom. The number of carbonyl (C=O) groups is 2. The number of rotatable bonds is 3. The van der Waals surface area contributed by atoms with Gasteiger partial charge in [0.15, 0.2) is 0 Å². The minimum absolute atomic E-state index is 0.153. The molecule has 2 aliphatic rings. The monoisotopic (exact) mass is 355 g/mol. The molecule has 0 spiro atoms. The second-order valence-electron chi connectivity index (χ2n) is 5.96. The molecule has 0 aliphatic carbocycles. The van der Waals surface area contributed by atoms with Crippen molar-refractivity contribution >= 4 is 40.7 Å². The molecule has 124 valence electrons. The van der Waals surface area contributed by atoms with Gasteiger partial charge in [-0.25, -0.2) is 0 Å². The zero-order valence-corrected chi connectivity index (χ0v) is 14.2. The number of amides is 2. The van der Waals surface area contributed by atoms with E-state index in [1.807, 2.05) is 0 Å². The fraction of sp³-hybridized carbons (Fsp3) is 0.500. The first-order valence-electron chi connectivity index (χ1n) is 7.84. The van der Waals surface area contributed by atoms with Crippen LogP contribution in [0.1, 0.15) is 19.3 Å². The summed E-state index contributed by atoms with van der Waals surface area (Å²) in [5, 5.41) is 7.23. The van der Waals surface area contributed by atoms with Gasteiger partial charge in [0.25, 0.3) is 0 Å². The molecule has 23 heavy (non-hydrogen) atoms. The Labute approximate surface area is 145 Å². The third-order valence-electron chi connectivity index (χ3n) is 4.41. The van der Waals surface area contributed by atoms with Crippen molar-refractivity contribution in [2.24, 2.45) is 5.92 Å². The third kappa shape index (κ3) is 3.62. The van der Waals surface area contributed by atoms with E-state index < -0.39 is 5.92 Å². The summed E-state index contributed by atoms with van der Waals surface area (Å²) in [5.74, 6) is -1.02. The van der Waals surface area contributed by atoms with Crippen molar-refractivity contribution in [1.29, 1.82) is 0 Å². The summed E-state index contributed by atoms with van der Waals surface area (Å²) in [4.78, 5) is 26.6. The second kappa shape index (κ2) is 7.07. The van der Waals surface area contributed by atoms with Gasteiger partial charge in [-0.3, -0.25) is 9.59 Å². The van der Waals surface area contributed by atoms with Gasteiger partial charge in [-0.1, -0.05) is 23.2 Å². The van der Waals surface area contributed by atoms with E-state index in [9.17, 15) is 9.59 Å². The van der Waals surface area contributed by atoms with E-state index in [0.717, 1.165) is 25.9 Å². The molecular formula is C16H19Cl2N3O2. The summed E-state index contributed by atoms with van der Waals surface area (Å²) in [5.41, 5.74) is 0.571. The predicted molar refractivity (Wildman–Crippen MR) is 91.0 cm³/mol. The van der Waals surface area contributed by atoms with E-state index in [0.29, 0.717) is 28.7 Å². The maximum absolute atomic E-state index is 12.6. The molecule has 0 radical (unpaired) electrons. The van der Waals surface area contributed by atoms with Crippen LogP contribution in [0.5, 0.6) is 0 Å². The lowest BCUT2D eigenvalue weighted by Gasteiger charge is -2.25. The van der Waals surface area contributed by atoms with Crippen molar-refractivity contribution in [3.63, 3.8) is 0 Å². The molecule has 1 atom stereocenters. The molecule has 0 bridgehead atoms.